The van der Waals surface area contributed by atoms with E-state index in [0.29, 0.717) is 22.6 Å². The average Bonchev–Trinajstić information content (AvgIpc) is 2.65. The summed E-state index contributed by atoms with van der Waals surface area (Å²) in [5.41, 5.74) is 0.829. The van der Waals surface area contributed by atoms with Crippen LogP contribution in [0.25, 0.3) is 6.08 Å². The number of hydrogen-bond donors (Lipinski definition) is 0. The summed E-state index contributed by atoms with van der Waals surface area (Å²) in [7, 11) is 1.49. The van der Waals surface area contributed by atoms with Gasteiger partial charge >= 0.3 is 5.97 Å². The highest BCUT2D eigenvalue weighted by Crippen LogP contribution is 2.30. The lowest BCUT2D eigenvalue weighted by atomic mass is 10.1. The molecule has 0 radical (unpaired) electrons. The molecule has 134 valence electrons. The van der Waals surface area contributed by atoms with Crippen LogP contribution in [0.2, 0.25) is 0 Å². The van der Waals surface area contributed by atoms with Crippen molar-refractivity contribution in [3.05, 3.63) is 65.0 Å². The summed E-state index contributed by atoms with van der Waals surface area (Å²) in [6, 6.07) is 13.0. The predicted octanol–water partition coefficient (Wildman–Crippen LogP) is 3.88. The first-order valence-electron chi connectivity index (χ1n) is 7.92. The van der Waals surface area contributed by atoms with Crippen LogP contribution in [0.5, 0.6) is 11.5 Å². The highest BCUT2D eigenvalue weighted by molar-refractivity contribution is 5.97. The SMILES string of the molecule is CCOC(=O)/C(C#N)=C\c1ccc(OC)c(OCc2ccccc2F)c1. The molecule has 2 aromatic rings. The van der Waals surface area contributed by atoms with Crippen molar-refractivity contribution in [2.45, 2.75) is 13.5 Å². The zero-order valence-electron chi connectivity index (χ0n) is 14.5. The van der Waals surface area contributed by atoms with Gasteiger partial charge in [-0.05, 0) is 36.8 Å². The third kappa shape index (κ3) is 4.84. The minimum Gasteiger partial charge on any atom is -0.493 e. The van der Waals surface area contributed by atoms with Gasteiger partial charge < -0.3 is 14.2 Å². The first-order valence-corrected chi connectivity index (χ1v) is 7.92. The number of methoxy groups -OCH3 is 1. The Balaban J connectivity index is 2.26. The quantitative estimate of drug-likeness (QED) is 0.428. The first-order chi connectivity index (χ1) is 12.6. The van der Waals surface area contributed by atoms with Crippen LogP contribution in [0.15, 0.2) is 48.0 Å². The number of rotatable bonds is 7. The molecule has 0 aliphatic heterocycles. The highest BCUT2D eigenvalue weighted by Gasteiger charge is 2.12. The summed E-state index contributed by atoms with van der Waals surface area (Å²) in [5, 5.41) is 9.12. The molecule has 0 heterocycles. The third-order valence-electron chi connectivity index (χ3n) is 3.46. The zero-order valence-corrected chi connectivity index (χ0v) is 14.5. The normalized spacial score (nSPS) is 10.8. The second-order valence-electron chi connectivity index (χ2n) is 5.18. The van der Waals surface area contributed by atoms with Crippen molar-refractivity contribution in [1.82, 2.24) is 0 Å². The van der Waals surface area contributed by atoms with Crippen molar-refractivity contribution in [3.8, 4) is 17.6 Å². The molecule has 0 atom stereocenters. The lowest BCUT2D eigenvalue weighted by Gasteiger charge is -2.12. The van der Waals surface area contributed by atoms with Crippen LogP contribution in [-0.4, -0.2) is 19.7 Å². The van der Waals surface area contributed by atoms with Crippen LogP contribution in [0, 0.1) is 17.1 Å². The molecule has 0 N–H and O–H groups in total. The van der Waals surface area contributed by atoms with E-state index in [4.69, 9.17) is 19.5 Å². The second-order valence-corrected chi connectivity index (χ2v) is 5.18. The van der Waals surface area contributed by atoms with Gasteiger partial charge in [-0.15, -0.1) is 0 Å². The molecule has 26 heavy (non-hydrogen) atoms. The predicted molar refractivity (Wildman–Crippen MR) is 93.9 cm³/mol. The Morgan fingerprint density at radius 3 is 2.65 bits per heavy atom. The first kappa shape index (κ1) is 19.0. The average molecular weight is 355 g/mol. The lowest BCUT2D eigenvalue weighted by molar-refractivity contribution is -0.137. The molecule has 5 nitrogen and oxygen atoms in total. The van der Waals surface area contributed by atoms with Gasteiger partial charge in [0.1, 0.15) is 24.1 Å². The van der Waals surface area contributed by atoms with Crippen LogP contribution in [0.3, 0.4) is 0 Å². The minimum absolute atomic E-state index is 0.0131. The highest BCUT2D eigenvalue weighted by atomic mass is 19.1. The van der Waals surface area contributed by atoms with E-state index in [1.165, 1.54) is 19.3 Å². The van der Waals surface area contributed by atoms with Crippen molar-refractivity contribution in [2.24, 2.45) is 0 Å². The monoisotopic (exact) mass is 355 g/mol. The van der Waals surface area contributed by atoms with E-state index in [-0.39, 0.29) is 24.6 Å². The smallest absolute Gasteiger partial charge is 0.348 e. The molecular weight excluding hydrogens is 337 g/mol. The van der Waals surface area contributed by atoms with E-state index in [1.54, 1.807) is 43.3 Å². The summed E-state index contributed by atoms with van der Waals surface area (Å²) in [5.74, 6) is -0.241. The largest absolute Gasteiger partial charge is 0.493 e. The molecule has 0 aliphatic rings. The summed E-state index contributed by atoms with van der Waals surface area (Å²) in [6.45, 7) is 1.85. The van der Waals surface area contributed by atoms with Gasteiger partial charge in [-0.2, -0.15) is 5.26 Å². The molecule has 0 aliphatic carbocycles. The lowest BCUT2D eigenvalue weighted by Crippen LogP contribution is -2.06. The number of hydrogen-bond acceptors (Lipinski definition) is 5. The Bertz CT molecular complexity index is 855. The van der Waals surface area contributed by atoms with Gasteiger partial charge in [0.25, 0.3) is 0 Å². The third-order valence-corrected chi connectivity index (χ3v) is 3.46. The van der Waals surface area contributed by atoms with Crippen LogP contribution in [0.4, 0.5) is 4.39 Å². The Morgan fingerprint density at radius 1 is 1.23 bits per heavy atom. The zero-order chi connectivity index (χ0) is 18.9. The molecule has 2 rings (SSSR count). The molecule has 6 heteroatoms. The van der Waals surface area contributed by atoms with E-state index in [0.717, 1.165) is 0 Å². The maximum absolute atomic E-state index is 13.7. The Morgan fingerprint density at radius 2 is 2.00 bits per heavy atom. The Labute approximate surface area is 151 Å². The molecule has 2 aromatic carbocycles. The van der Waals surface area contributed by atoms with Crippen LogP contribution < -0.4 is 9.47 Å². The maximum atomic E-state index is 13.7. The van der Waals surface area contributed by atoms with Crippen molar-refractivity contribution in [3.63, 3.8) is 0 Å². The van der Waals surface area contributed by atoms with E-state index in [1.807, 2.05) is 6.07 Å². The minimum atomic E-state index is -0.695. The van der Waals surface area contributed by atoms with Crippen molar-refractivity contribution < 1.29 is 23.4 Å². The van der Waals surface area contributed by atoms with Gasteiger partial charge in [0.2, 0.25) is 0 Å². The number of halogens is 1. The van der Waals surface area contributed by atoms with Gasteiger partial charge in [-0.25, -0.2) is 9.18 Å². The van der Waals surface area contributed by atoms with E-state index in [2.05, 4.69) is 0 Å². The van der Waals surface area contributed by atoms with E-state index < -0.39 is 5.97 Å². The number of benzene rings is 2. The molecule has 0 aromatic heterocycles. The number of carbonyl (C=O) groups excluding carboxylic acids is 1. The van der Waals surface area contributed by atoms with E-state index in [9.17, 15) is 9.18 Å². The molecule has 0 spiro atoms. The second kappa shape index (κ2) is 9.23. The molecule has 0 saturated carbocycles. The van der Waals surface area contributed by atoms with Crippen LogP contribution in [-0.2, 0) is 16.1 Å². The summed E-state index contributed by atoms with van der Waals surface area (Å²) >= 11 is 0. The Hall–Kier alpha value is -3.33. The van der Waals surface area contributed by atoms with Crippen LogP contribution in [0.1, 0.15) is 18.1 Å². The van der Waals surface area contributed by atoms with Gasteiger partial charge in [-0.1, -0.05) is 24.3 Å². The number of nitriles is 1. The molecule has 0 fully saturated rings. The standard InChI is InChI=1S/C20H18FNO4/c1-3-25-20(23)16(12-22)10-14-8-9-18(24-2)19(11-14)26-13-15-6-4-5-7-17(15)21/h4-11H,3,13H2,1-2H3/b16-10-. The number of carbonyl (C=O) groups is 1. The van der Waals surface area contributed by atoms with Crippen LogP contribution >= 0.6 is 0 Å². The molecular formula is C20H18FNO4. The maximum Gasteiger partial charge on any atom is 0.348 e. The fourth-order valence-electron chi connectivity index (χ4n) is 2.18. The fraction of sp³-hybridized carbons (Fsp3) is 0.200. The number of ether oxygens (including phenoxy) is 3. The summed E-state index contributed by atoms with van der Waals surface area (Å²) in [6.07, 6.45) is 1.40. The van der Waals surface area contributed by atoms with Crippen molar-refractivity contribution in [2.75, 3.05) is 13.7 Å². The summed E-state index contributed by atoms with van der Waals surface area (Å²) in [4.78, 5) is 11.7. The Kier molecular flexibility index (Phi) is 6.75. The molecule has 0 bridgehead atoms. The van der Waals surface area contributed by atoms with Gasteiger partial charge in [0.05, 0.1) is 13.7 Å². The van der Waals surface area contributed by atoms with Crippen molar-refractivity contribution >= 4 is 12.0 Å². The molecule has 0 unspecified atom stereocenters. The van der Waals surface area contributed by atoms with E-state index >= 15 is 0 Å². The fourth-order valence-corrected chi connectivity index (χ4v) is 2.18. The summed E-state index contributed by atoms with van der Waals surface area (Å²) < 4.78 is 29.5. The van der Waals surface area contributed by atoms with Gasteiger partial charge in [0, 0.05) is 5.56 Å². The molecule has 0 saturated heterocycles. The number of nitrogens with zero attached hydrogens (tertiary/aromatic N) is 1. The van der Waals surface area contributed by atoms with Crippen molar-refractivity contribution in [1.29, 1.82) is 5.26 Å². The van der Waals surface area contributed by atoms with Gasteiger partial charge in [-0.3, -0.25) is 0 Å². The topological polar surface area (TPSA) is 68.6 Å². The van der Waals surface area contributed by atoms with Gasteiger partial charge in [0.15, 0.2) is 11.5 Å². The molecule has 0 amide bonds. The number of esters is 1.